The lowest BCUT2D eigenvalue weighted by Crippen LogP contribution is -2.02. The normalized spacial score (nSPS) is 11.0. The standard InChI is InChI=1S/C19H23ClO2/c1-14(2)11-21-12-17-8-9-19(18(20)10-17)22-13-16-6-4-15(3)5-7-16/h4-10,14H,11-13H2,1-3H3. The zero-order valence-electron chi connectivity index (χ0n) is 13.4. The van der Waals surface area contributed by atoms with Gasteiger partial charge in [0.05, 0.1) is 11.6 Å². The molecule has 0 amide bonds. The number of hydrogen-bond donors (Lipinski definition) is 0. The fraction of sp³-hybridized carbons (Fsp3) is 0.368. The Labute approximate surface area is 138 Å². The van der Waals surface area contributed by atoms with E-state index in [1.165, 1.54) is 5.56 Å². The highest BCUT2D eigenvalue weighted by molar-refractivity contribution is 6.32. The van der Waals surface area contributed by atoms with Crippen LogP contribution in [0.1, 0.15) is 30.5 Å². The number of rotatable bonds is 7. The maximum atomic E-state index is 6.28. The summed E-state index contributed by atoms with van der Waals surface area (Å²) in [5.74, 6) is 1.24. The van der Waals surface area contributed by atoms with Crippen molar-refractivity contribution in [3.63, 3.8) is 0 Å². The largest absolute Gasteiger partial charge is 0.487 e. The zero-order chi connectivity index (χ0) is 15.9. The summed E-state index contributed by atoms with van der Waals surface area (Å²) in [6.45, 7) is 8.19. The number of aryl methyl sites for hydroxylation is 1. The Kier molecular flexibility index (Phi) is 6.29. The van der Waals surface area contributed by atoms with Gasteiger partial charge in [0, 0.05) is 6.61 Å². The number of ether oxygens (including phenoxy) is 2. The van der Waals surface area contributed by atoms with Gasteiger partial charge in [0.1, 0.15) is 12.4 Å². The highest BCUT2D eigenvalue weighted by atomic mass is 35.5. The molecular formula is C19H23ClO2. The molecule has 0 saturated carbocycles. The summed E-state index contributed by atoms with van der Waals surface area (Å²) in [6, 6.07) is 14.1. The summed E-state index contributed by atoms with van der Waals surface area (Å²) < 4.78 is 11.4. The zero-order valence-corrected chi connectivity index (χ0v) is 14.2. The minimum atomic E-state index is 0.517. The van der Waals surface area contributed by atoms with Gasteiger partial charge in [-0.3, -0.25) is 0 Å². The SMILES string of the molecule is Cc1ccc(COc2ccc(COCC(C)C)cc2Cl)cc1. The molecule has 22 heavy (non-hydrogen) atoms. The summed E-state index contributed by atoms with van der Waals surface area (Å²) in [5.41, 5.74) is 3.44. The average Bonchev–Trinajstić information content (AvgIpc) is 2.48. The summed E-state index contributed by atoms with van der Waals surface area (Å²) in [4.78, 5) is 0. The van der Waals surface area contributed by atoms with E-state index in [1.807, 2.05) is 18.2 Å². The van der Waals surface area contributed by atoms with Crippen LogP contribution in [0.3, 0.4) is 0 Å². The molecule has 2 rings (SSSR count). The van der Waals surface area contributed by atoms with Crippen LogP contribution in [0.15, 0.2) is 42.5 Å². The predicted molar refractivity (Wildman–Crippen MR) is 91.5 cm³/mol. The van der Waals surface area contributed by atoms with Crippen molar-refractivity contribution in [3.8, 4) is 5.75 Å². The molecule has 0 heterocycles. The molecule has 0 saturated heterocycles. The van der Waals surface area contributed by atoms with E-state index in [0.29, 0.717) is 29.9 Å². The maximum Gasteiger partial charge on any atom is 0.138 e. The molecule has 0 fully saturated rings. The lowest BCUT2D eigenvalue weighted by atomic mass is 10.2. The lowest BCUT2D eigenvalue weighted by Gasteiger charge is -2.11. The van der Waals surface area contributed by atoms with Gasteiger partial charge in [0.25, 0.3) is 0 Å². The number of hydrogen-bond acceptors (Lipinski definition) is 2. The maximum absolute atomic E-state index is 6.28. The first-order valence-corrected chi connectivity index (χ1v) is 7.97. The smallest absolute Gasteiger partial charge is 0.138 e. The van der Waals surface area contributed by atoms with E-state index in [2.05, 4.69) is 45.0 Å². The third-order valence-corrected chi connectivity index (χ3v) is 3.53. The van der Waals surface area contributed by atoms with E-state index in [-0.39, 0.29) is 0 Å². The monoisotopic (exact) mass is 318 g/mol. The molecule has 2 aromatic rings. The molecular weight excluding hydrogens is 296 g/mol. The van der Waals surface area contributed by atoms with Crippen LogP contribution in [0.25, 0.3) is 0 Å². The first-order valence-electron chi connectivity index (χ1n) is 7.59. The topological polar surface area (TPSA) is 18.5 Å². The lowest BCUT2D eigenvalue weighted by molar-refractivity contribution is 0.0970. The van der Waals surface area contributed by atoms with Gasteiger partial charge in [-0.2, -0.15) is 0 Å². The summed E-state index contributed by atoms with van der Waals surface area (Å²) in [5, 5.41) is 0.623. The Hall–Kier alpha value is -1.51. The van der Waals surface area contributed by atoms with Crippen LogP contribution < -0.4 is 4.74 Å². The van der Waals surface area contributed by atoms with E-state index < -0.39 is 0 Å². The molecule has 0 bridgehead atoms. The fourth-order valence-electron chi connectivity index (χ4n) is 2.01. The molecule has 0 aliphatic heterocycles. The van der Waals surface area contributed by atoms with Crippen LogP contribution in [-0.4, -0.2) is 6.61 Å². The van der Waals surface area contributed by atoms with Crippen molar-refractivity contribution in [2.75, 3.05) is 6.61 Å². The Morgan fingerprint density at radius 2 is 1.64 bits per heavy atom. The molecule has 0 atom stereocenters. The molecule has 0 aliphatic carbocycles. The summed E-state index contributed by atoms with van der Waals surface area (Å²) in [6.07, 6.45) is 0. The van der Waals surface area contributed by atoms with E-state index in [1.54, 1.807) is 0 Å². The van der Waals surface area contributed by atoms with E-state index in [0.717, 1.165) is 17.7 Å². The van der Waals surface area contributed by atoms with Gasteiger partial charge >= 0.3 is 0 Å². The average molecular weight is 319 g/mol. The van der Waals surface area contributed by atoms with Crippen LogP contribution >= 0.6 is 11.6 Å². The van der Waals surface area contributed by atoms with Crippen molar-refractivity contribution in [1.82, 2.24) is 0 Å². The van der Waals surface area contributed by atoms with Gasteiger partial charge in [0.2, 0.25) is 0 Å². The van der Waals surface area contributed by atoms with Crippen molar-refractivity contribution in [2.45, 2.75) is 34.0 Å². The Balaban J connectivity index is 1.90. The summed E-state index contributed by atoms with van der Waals surface area (Å²) >= 11 is 6.28. The second-order valence-electron chi connectivity index (χ2n) is 5.95. The van der Waals surface area contributed by atoms with Crippen LogP contribution in [0.5, 0.6) is 5.75 Å². The van der Waals surface area contributed by atoms with Gasteiger partial charge in [-0.25, -0.2) is 0 Å². The first-order chi connectivity index (χ1) is 10.5. The van der Waals surface area contributed by atoms with Gasteiger partial charge in [-0.15, -0.1) is 0 Å². The fourth-order valence-corrected chi connectivity index (χ4v) is 2.27. The molecule has 0 aromatic heterocycles. The van der Waals surface area contributed by atoms with Crippen LogP contribution in [-0.2, 0) is 18.0 Å². The van der Waals surface area contributed by atoms with Crippen LogP contribution in [0.2, 0.25) is 5.02 Å². The Morgan fingerprint density at radius 3 is 2.27 bits per heavy atom. The van der Waals surface area contributed by atoms with E-state index in [4.69, 9.17) is 21.1 Å². The Bertz CT molecular complexity index is 591. The van der Waals surface area contributed by atoms with Gasteiger partial charge in [0.15, 0.2) is 0 Å². The third kappa shape index (κ3) is 5.36. The molecule has 0 unspecified atom stereocenters. The predicted octanol–water partition coefficient (Wildman–Crippen LogP) is 5.40. The van der Waals surface area contributed by atoms with Gasteiger partial charge in [-0.05, 0) is 36.1 Å². The third-order valence-electron chi connectivity index (χ3n) is 3.23. The van der Waals surface area contributed by atoms with Crippen molar-refractivity contribution in [3.05, 3.63) is 64.2 Å². The van der Waals surface area contributed by atoms with Crippen molar-refractivity contribution >= 4 is 11.6 Å². The minimum absolute atomic E-state index is 0.517. The Morgan fingerprint density at radius 1 is 0.955 bits per heavy atom. The molecule has 2 aromatic carbocycles. The van der Waals surface area contributed by atoms with Crippen molar-refractivity contribution in [1.29, 1.82) is 0 Å². The van der Waals surface area contributed by atoms with Gasteiger partial charge in [-0.1, -0.05) is 61.3 Å². The highest BCUT2D eigenvalue weighted by Crippen LogP contribution is 2.26. The molecule has 0 N–H and O–H groups in total. The second-order valence-corrected chi connectivity index (χ2v) is 6.36. The van der Waals surface area contributed by atoms with E-state index in [9.17, 15) is 0 Å². The van der Waals surface area contributed by atoms with Crippen LogP contribution in [0, 0.1) is 12.8 Å². The van der Waals surface area contributed by atoms with Crippen molar-refractivity contribution < 1.29 is 9.47 Å². The van der Waals surface area contributed by atoms with Crippen molar-refractivity contribution in [2.24, 2.45) is 5.92 Å². The number of halogens is 1. The molecule has 0 spiro atoms. The van der Waals surface area contributed by atoms with E-state index >= 15 is 0 Å². The summed E-state index contributed by atoms with van der Waals surface area (Å²) in [7, 11) is 0. The first kappa shape index (κ1) is 16.9. The highest BCUT2D eigenvalue weighted by Gasteiger charge is 2.05. The molecule has 2 nitrogen and oxygen atoms in total. The second kappa shape index (κ2) is 8.21. The number of benzene rings is 2. The van der Waals surface area contributed by atoms with Gasteiger partial charge < -0.3 is 9.47 Å². The molecule has 0 radical (unpaired) electrons. The molecule has 0 aliphatic rings. The molecule has 118 valence electrons. The minimum Gasteiger partial charge on any atom is -0.487 e. The van der Waals surface area contributed by atoms with Crippen LogP contribution in [0.4, 0.5) is 0 Å². The quantitative estimate of drug-likeness (QED) is 0.680. The molecule has 3 heteroatoms.